The lowest BCUT2D eigenvalue weighted by Crippen LogP contribution is -2.73. The molecule has 0 saturated heterocycles. The number of nitrogens with zero attached hydrogens (tertiary/aromatic N) is 4. The molecule has 0 aliphatic carbocycles. The smallest absolute Gasteiger partial charge is 0.427 e. The van der Waals surface area contributed by atoms with E-state index in [-0.39, 0.29) is 6.71 Å². The second kappa shape index (κ2) is 4.28. The Hall–Kier alpha value is -2.96. The van der Waals surface area contributed by atoms with E-state index in [0.29, 0.717) is 11.8 Å². The number of pyridine rings is 2. The fraction of sp³-hybridized carbons (Fsp3) is 0.125. The summed E-state index contributed by atoms with van der Waals surface area (Å²) in [5, 5.41) is 0. The Morgan fingerprint density at radius 3 is 2.57 bits per heavy atom. The molecule has 0 bridgehead atoms. The summed E-state index contributed by atoms with van der Waals surface area (Å²) in [6, 6.07) is 5.80. The molecule has 0 amide bonds. The van der Waals surface area contributed by atoms with Crippen molar-refractivity contribution in [1.82, 2.24) is 9.97 Å². The molecule has 0 fully saturated rings. The fourth-order valence-corrected chi connectivity index (χ4v) is 3.42. The predicted octanol–water partition coefficient (Wildman–Crippen LogP) is -1.15. The number of aryl methyl sites for hydroxylation is 2. The highest BCUT2D eigenvalue weighted by Crippen LogP contribution is 2.29. The van der Waals surface area contributed by atoms with Crippen LogP contribution in [0.5, 0.6) is 23.3 Å². The number of hydrogen-bond acceptors (Lipinski definition) is 4. The molecule has 23 heavy (non-hydrogen) atoms. The first kappa shape index (κ1) is 12.6. The van der Waals surface area contributed by atoms with Gasteiger partial charge in [-0.1, -0.05) is 0 Å². The molecule has 3 aromatic heterocycles. The Kier molecular flexibility index (Phi) is 2.34. The minimum absolute atomic E-state index is 0.0221. The lowest BCUT2D eigenvalue weighted by molar-refractivity contribution is -0.659. The van der Waals surface area contributed by atoms with Crippen LogP contribution in [-0.2, 0) is 14.1 Å². The molecule has 0 N–H and O–H groups in total. The predicted molar refractivity (Wildman–Crippen MR) is 82.1 cm³/mol. The molecule has 2 aliphatic rings. The summed E-state index contributed by atoms with van der Waals surface area (Å²) in [7, 11) is 4.03. The lowest BCUT2D eigenvalue weighted by atomic mass is 9.38. The van der Waals surface area contributed by atoms with Gasteiger partial charge in [-0.05, 0) is 12.1 Å². The maximum atomic E-state index is 6.02. The van der Waals surface area contributed by atoms with Gasteiger partial charge in [-0.3, -0.25) is 0 Å². The van der Waals surface area contributed by atoms with Crippen LogP contribution >= 0.6 is 0 Å². The summed E-state index contributed by atoms with van der Waals surface area (Å²) in [5.74, 6) is 2.79. The molecular weight excluding hydrogens is 291 g/mol. The van der Waals surface area contributed by atoms with Crippen LogP contribution in [-0.4, -0.2) is 16.7 Å². The first-order valence-corrected chi connectivity index (χ1v) is 7.41. The number of rotatable bonds is 0. The van der Waals surface area contributed by atoms with Gasteiger partial charge in [0.1, 0.15) is 19.8 Å². The Balaban J connectivity index is 1.91. The zero-order valence-corrected chi connectivity index (χ0v) is 12.7. The fourth-order valence-electron chi connectivity index (χ4n) is 3.42. The van der Waals surface area contributed by atoms with Crippen molar-refractivity contribution in [3.05, 3.63) is 43.0 Å². The van der Waals surface area contributed by atoms with E-state index in [0.717, 1.165) is 28.1 Å². The quantitative estimate of drug-likeness (QED) is 0.268. The minimum Gasteiger partial charge on any atom is -0.435 e. The second-order valence-electron chi connectivity index (χ2n) is 5.76. The monoisotopic (exact) mass is 304 g/mol. The van der Waals surface area contributed by atoms with Crippen molar-refractivity contribution in [3.63, 3.8) is 0 Å². The lowest BCUT2D eigenvalue weighted by Gasteiger charge is -2.26. The van der Waals surface area contributed by atoms with Crippen LogP contribution < -0.4 is 35.3 Å². The van der Waals surface area contributed by atoms with Crippen molar-refractivity contribution >= 4 is 23.4 Å². The Labute approximate surface area is 133 Å². The maximum Gasteiger partial charge on any atom is 0.427 e. The van der Waals surface area contributed by atoms with Crippen LogP contribution in [0.2, 0.25) is 0 Å². The second-order valence-corrected chi connectivity index (χ2v) is 5.76. The summed E-state index contributed by atoms with van der Waals surface area (Å²) in [5.41, 5.74) is 3.03. The molecule has 0 spiro atoms. The van der Waals surface area contributed by atoms with Crippen LogP contribution in [0.25, 0.3) is 0 Å². The Morgan fingerprint density at radius 1 is 0.870 bits per heavy atom. The van der Waals surface area contributed by atoms with E-state index in [1.165, 1.54) is 0 Å². The van der Waals surface area contributed by atoms with E-state index in [9.17, 15) is 0 Å². The van der Waals surface area contributed by atoms with Crippen molar-refractivity contribution in [1.29, 1.82) is 0 Å². The summed E-state index contributed by atoms with van der Waals surface area (Å²) in [4.78, 5) is 8.82. The number of fused-ring (bicyclic) bond motifs is 4. The van der Waals surface area contributed by atoms with Gasteiger partial charge >= 0.3 is 6.71 Å². The molecule has 7 heteroatoms. The normalized spacial score (nSPS) is 13.4. The van der Waals surface area contributed by atoms with E-state index in [1.54, 1.807) is 12.4 Å². The van der Waals surface area contributed by atoms with Crippen LogP contribution in [0, 0.1) is 0 Å². The highest BCUT2D eigenvalue weighted by atomic mass is 16.5. The average molecular weight is 304 g/mol. The maximum absolute atomic E-state index is 6.02. The third kappa shape index (κ3) is 1.59. The molecule has 0 unspecified atom stereocenters. The van der Waals surface area contributed by atoms with Gasteiger partial charge < -0.3 is 9.47 Å². The van der Waals surface area contributed by atoms with Gasteiger partial charge in [-0.15, -0.1) is 0 Å². The van der Waals surface area contributed by atoms with Crippen molar-refractivity contribution < 1.29 is 18.6 Å². The van der Waals surface area contributed by atoms with Gasteiger partial charge in [0.05, 0.1) is 11.7 Å². The van der Waals surface area contributed by atoms with Crippen LogP contribution in [0.15, 0.2) is 43.0 Å². The average Bonchev–Trinajstić information content (AvgIpc) is 2.55. The van der Waals surface area contributed by atoms with Gasteiger partial charge in [-0.2, -0.15) is 0 Å². The van der Waals surface area contributed by atoms with E-state index < -0.39 is 0 Å². The molecule has 110 valence electrons. The van der Waals surface area contributed by atoms with Gasteiger partial charge in [0.2, 0.25) is 11.5 Å². The van der Waals surface area contributed by atoms with Gasteiger partial charge in [0.15, 0.2) is 23.7 Å². The van der Waals surface area contributed by atoms with Crippen LogP contribution in [0.4, 0.5) is 0 Å². The first-order valence-electron chi connectivity index (χ1n) is 7.41. The zero-order chi connectivity index (χ0) is 15.6. The van der Waals surface area contributed by atoms with Gasteiger partial charge in [0, 0.05) is 12.3 Å². The molecule has 5 rings (SSSR count). The molecule has 6 nitrogen and oxygen atoms in total. The third-order valence-electron chi connectivity index (χ3n) is 4.43. The Bertz CT molecular complexity index is 870. The summed E-state index contributed by atoms with van der Waals surface area (Å²) < 4.78 is 16.2. The number of ether oxygens (including phenoxy) is 2. The van der Waals surface area contributed by atoms with Crippen LogP contribution in [0.3, 0.4) is 0 Å². The zero-order valence-electron chi connectivity index (χ0n) is 12.7. The third-order valence-corrected chi connectivity index (χ3v) is 4.43. The standard InChI is InChI=1S/C16H13BN4O2/c1-20-8-3-4-11-13(20)17-12-10(5-6-18-15(12)23-11)22-16-14(17)21(2)9-7-19-16/h3-9H,1-2H3/q+2. The van der Waals surface area contributed by atoms with Gasteiger partial charge in [-0.25, -0.2) is 19.1 Å². The Morgan fingerprint density at radius 2 is 1.65 bits per heavy atom. The summed E-state index contributed by atoms with van der Waals surface area (Å²) in [6.07, 6.45) is 7.40. The highest BCUT2D eigenvalue weighted by Gasteiger charge is 2.52. The molecular formula is C16H13BN4O2+2. The van der Waals surface area contributed by atoms with E-state index in [1.807, 2.05) is 44.7 Å². The van der Waals surface area contributed by atoms with E-state index >= 15 is 0 Å². The van der Waals surface area contributed by atoms with Crippen LogP contribution in [0.1, 0.15) is 0 Å². The van der Waals surface area contributed by atoms with Crippen molar-refractivity contribution in [2.45, 2.75) is 0 Å². The largest absolute Gasteiger partial charge is 0.435 e. The number of aromatic nitrogens is 4. The SMILES string of the molecule is C[n+]1cccc2c1B1c3c(ccnc3O2)Oc2ncc[n+](C)c21. The first-order chi connectivity index (χ1) is 11.2. The van der Waals surface area contributed by atoms with E-state index in [4.69, 9.17) is 9.47 Å². The highest BCUT2D eigenvalue weighted by molar-refractivity contribution is 6.96. The molecule has 0 radical (unpaired) electrons. The van der Waals surface area contributed by atoms with E-state index in [2.05, 4.69) is 19.1 Å². The molecule has 3 aromatic rings. The van der Waals surface area contributed by atoms with Crippen molar-refractivity contribution in [3.8, 4) is 23.3 Å². The van der Waals surface area contributed by atoms with Crippen molar-refractivity contribution in [2.75, 3.05) is 0 Å². The van der Waals surface area contributed by atoms with Crippen molar-refractivity contribution in [2.24, 2.45) is 14.1 Å². The van der Waals surface area contributed by atoms with Gasteiger partial charge in [0.25, 0.3) is 5.88 Å². The summed E-state index contributed by atoms with van der Waals surface area (Å²) >= 11 is 0. The molecule has 0 atom stereocenters. The minimum atomic E-state index is -0.0221. The number of hydrogen-bond donors (Lipinski definition) is 0. The molecule has 0 aromatic carbocycles. The molecule has 0 saturated carbocycles. The topological polar surface area (TPSA) is 52.0 Å². The molecule has 2 aliphatic heterocycles. The summed E-state index contributed by atoms with van der Waals surface area (Å²) in [6.45, 7) is -0.0221. The molecule has 5 heterocycles.